The van der Waals surface area contributed by atoms with Gasteiger partial charge in [0.1, 0.15) is 11.5 Å². The highest BCUT2D eigenvalue weighted by Crippen LogP contribution is 2.24. The summed E-state index contributed by atoms with van der Waals surface area (Å²) in [6.45, 7) is 0.624. The summed E-state index contributed by atoms with van der Waals surface area (Å²) in [6, 6.07) is 13.8. The summed E-state index contributed by atoms with van der Waals surface area (Å²) < 4.78 is 0. The van der Waals surface area contributed by atoms with E-state index in [0.717, 1.165) is 24.8 Å². The minimum absolute atomic E-state index is 0.0952. The molecule has 0 fully saturated rings. The van der Waals surface area contributed by atoms with Gasteiger partial charge in [0, 0.05) is 24.2 Å². The molecule has 20 heavy (non-hydrogen) atoms. The molecule has 1 aliphatic carbocycles. The third-order valence-corrected chi connectivity index (χ3v) is 4.00. The Kier molecular flexibility index (Phi) is 3.61. The van der Waals surface area contributed by atoms with Gasteiger partial charge in [0.05, 0.1) is 0 Å². The van der Waals surface area contributed by atoms with Crippen LogP contribution in [0.4, 0.5) is 0 Å². The molecule has 0 radical (unpaired) electrons. The van der Waals surface area contributed by atoms with Gasteiger partial charge in [0.25, 0.3) is 0 Å². The Balaban J connectivity index is 1.63. The highest BCUT2D eigenvalue weighted by Gasteiger charge is 2.17. The number of nitrogens with one attached hydrogen (secondary N) is 1. The fourth-order valence-electron chi connectivity index (χ4n) is 2.83. The molecule has 0 spiro atoms. The molecule has 3 rings (SSSR count). The molecular weight excluding hydrogens is 250 g/mol. The number of rotatable bonds is 3. The maximum Gasteiger partial charge on any atom is 0.123 e. The lowest BCUT2D eigenvalue weighted by Crippen LogP contribution is -2.34. The Bertz CT molecular complexity index is 610. The van der Waals surface area contributed by atoms with Gasteiger partial charge in [-0.3, -0.25) is 0 Å². The maximum atomic E-state index is 9.78. The molecular formula is C17H19NO2. The van der Waals surface area contributed by atoms with E-state index in [0.29, 0.717) is 12.6 Å². The van der Waals surface area contributed by atoms with Gasteiger partial charge in [-0.15, -0.1) is 0 Å². The van der Waals surface area contributed by atoms with Gasteiger partial charge in [-0.25, -0.2) is 0 Å². The second-order valence-corrected chi connectivity index (χ2v) is 5.40. The molecule has 0 saturated carbocycles. The highest BCUT2D eigenvalue weighted by molar-refractivity contribution is 5.39. The molecule has 0 heterocycles. The second kappa shape index (κ2) is 5.55. The molecule has 3 N–H and O–H groups in total. The Morgan fingerprint density at radius 1 is 1.05 bits per heavy atom. The summed E-state index contributed by atoms with van der Waals surface area (Å²) in [6.07, 6.45) is 3.26. The minimum atomic E-state index is 0.0952. The zero-order chi connectivity index (χ0) is 13.9. The monoisotopic (exact) mass is 269 g/mol. The van der Waals surface area contributed by atoms with Crippen LogP contribution in [-0.2, 0) is 19.4 Å². The van der Waals surface area contributed by atoms with E-state index in [2.05, 4.69) is 29.6 Å². The molecule has 0 saturated heterocycles. The second-order valence-electron chi connectivity index (χ2n) is 5.40. The van der Waals surface area contributed by atoms with E-state index in [-0.39, 0.29) is 11.5 Å². The van der Waals surface area contributed by atoms with Gasteiger partial charge < -0.3 is 15.5 Å². The van der Waals surface area contributed by atoms with E-state index < -0.39 is 0 Å². The van der Waals surface area contributed by atoms with Crippen molar-refractivity contribution in [2.24, 2.45) is 0 Å². The third kappa shape index (κ3) is 2.78. The first-order valence-electron chi connectivity index (χ1n) is 7.03. The van der Waals surface area contributed by atoms with Crippen LogP contribution < -0.4 is 5.32 Å². The average molecular weight is 269 g/mol. The summed E-state index contributed by atoms with van der Waals surface area (Å²) in [5.41, 5.74) is 3.70. The molecule has 0 aliphatic heterocycles. The molecule has 2 aromatic rings. The molecule has 0 bridgehead atoms. The van der Waals surface area contributed by atoms with Crippen LogP contribution in [0.15, 0.2) is 42.5 Å². The zero-order valence-electron chi connectivity index (χ0n) is 11.3. The van der Waals surface area contributed by atoms with E-state index in [9.17, 15) is 10.2 Å². The van der Waals surface area contributed by atoms with Crippen molar-refractivity contribution in [2.75, 3.05) is 0 Å². The number of phenolic OH excluding ortho intramolecular Hbond substituents is 2. The van der Waals surface area contributed by atoms with Crippen LogP contribution in [0.25, 0.3) is 0 Å². The quantitative estimate of drug-likeness (QED) is 0.803. The van der Waals surface area contributed by atoms with Crippen molar-refractivity contribution in [1.82, 2.24) is 5.32 Å². The van der Waals surface area contributed by atoms with Crippen molar-refractivity contribution in [3.8, 4) is 11.5 Å². The van der Waals surface area contributed by atoms with Crippen LogP contribution in [0.3, 0.4) is 0 Å². The fourth-order valence-corrected chi connectivity index (χ4v) is 2.83. The predicted octanol–water partition coefficient (Wildman–Crippen LogP) is 2.74. The van der Waals surface area contributed by atoms with Crippen LogP contribution in [0.1, 0.15) is 23.1 Å². The molecule has 0 aromatic heterocycles. The number of benzene rings is 2. The molecule has 3 nitrogen and oxygen atoms in total. The van der Waals surface area contributed by atoms with Gasteiger partial charge in [-0.2, -0.15) is 0 Å². The molecule has 0 amide bonds. The first kappa shape index (κ1) is 13.0. The van der Waals surface area contributed by atoms with E-state index >= 15 is 0 Å². The average Bonchev–Trinajstić information content (AvgIpc) is 2.46. The zero-order valence-corrected chi connectivity index (χ0v) is 11.3. The molecule has 1 aliphatic rings. The SMILES string of the molecule is Oc1ccc(CNC2CCc3ccccc3C2)c(O)c1. The lowest BCUT2D eigenvalue weighted by Gasteiger charge is -2.25. The Labute approximate surface area is 118 Å². The minimum Gasteiger partial charge on any atom is -0.508 e. The van der Waals surface area contributed by atoms with Crippen molar-refractivity contribution in [1.29, 1.82) is 0 Å². The van der Waals surface area contributed by atoms with E-state index in [1.807, 2.05) is 0 Å². The molecule has 2 aromatic carbocycles. The van der Waals surface area contributed by atoms with Crippen LogP contribution >= 0.6 is 0 Å². The Morgan fingerprint density at radius 3 is 2.65 bits per heavy atom. The van der Waals surface area contributed by atoms with Crippen LogP contribution in [0.2, 0.25) is 0 Å². The number of phenols is 2. The Hall–Kier alpha value is -2.00. The normalized spacial score (nSPS) is 17.7. The summed E-state index contributed by atoms with van der Waals surface area (Å²) in [7, 11) is 0. The Morgan fingerprint density at radius 2 is 1.85 bits per heavy atom. The van der Waals surface area contributed by atoms with E-state index in [1.165, 1.54) is 17.2 Å². The lowest BCUT2D eigenvalue weighted by atomic mass is 9.88. The van der Waals surface area contributed by atoms with Gasteiger partial charge in [-0.1, -0.05) is 30.3 Å². The number of hydrogen-bond donors (Lipinski definition) is 3. The number of aryl methyl sites for hydroxylation is 1. The summed E-state index contributed by atoms with van der Waals surface area (Å²) in [5, 5.41) is 22.6. The molecule has 104 valence electrons. The standard InChI is InChI=1S/C17H19NO2/c19-16-8-6-14(17(20)10-16)11-18-15-7-5-12-3-1-2-4-13(12)9-15/h1-4,6,8,10,15,18-20H,5,7,9,11H2. The van der Waals surface area contributed by atoms with Gasteiger partial charge in [0.15, 0.2) is 0 Å². The topological polar surface area (TPSA) is 52.5 Å². The lowest BCUT2D eigenvalue weighted by molar-refractivity contribution is 0.429. The predicted molar refractivity (Wildman–Crippen MR) is 78.9 cm³/mol. The van der Waals surface area contributed by atoms with Crippen molar-refractivity contribution in [3.63, 3.8) is 0 Å². The van der Waals surface area contributed by atoms with Crippen molar-refractivity contribution >= 4 is 0 Å². The smallest absolute Gasteiger partial charge is 0.123 e. The third-order valence-electron chi connectivity index (χ3n) is 4.00. The molecule has 1 atom stereocenters. The number of hydrogen-bond acceptors (Lipinski definition) is 3. The maximum absolute atomic E-state index is 9.78. The first-order valence-corrected chi connectivity index (χ1v) is 7.03. The van der Waals surface area contributed by atoms with Gasteiger partial charge in [-0.05, 0) is 36.5 Å². The van der Waals surface area contributed by atoms with Gasteiger partial charge >= 0.3 is 0 Å². The van der Waals surface area contributed by atoms with E-state index in [4.69, 9.17) is 0 Å². The number of aromatic hydroxyl groups is 2. The van der Waals surface area contributed by atoms with Crippen LogP contribution in [0, 0.1) is 0 Å². The first-order chi connectivity index (χ1) is 9.72. The van der Waals surface area contributed by atoms with E-state index in [1.54, 1.807) is 12.1 Å². The van der Waals surface area contributed by atoms with Crippen LogP contribution in [-0.4, -0.2) is 16.3 Å². The number of fused-ring (bicyclic) bond motifs is 1. The van der Waals surface area contributed by atoms with Crippen molar-refractivity contribution in [2.45, 2.75) is 31.8 Å². The van der Waals surface area contributed by atoms with Crippen molar-refractivity contribution < 1.29 is 10.2 Å². The van der Waals surface area contributed by atoms with Crippen LogP contribution in [0.5, 0.6) is 11.5 Å². The highest BCUT2D eigenvalue weighted by atomic mass is 16.3. The largest absolute Gasteiger partial charge is 0.508 e. The summed E-state index contributed by atoms with van der Waals surface area (Å²) in [5.74, 6) is 0.242. The van der Waals surface area contributed by atoms with Gasteiger partial charge in [0.2, 0.25) is 0 Å². The fraction of sp³-hybridized carbons (Fsp3) is 0.294. The van der Waals surface area contributed by atoms with Crippen molar-refractivity contribution in [3.05, 3.63) is 59.2 Å². The summed E-state index contributed by atoms with van der Waals surface area (Å²) >= 11 is 0. The summed E-state index contributed by atoms with van der Waals surface area (Å²) in [4.78, 5) is 0. The molecule has 3 heteroatoms. The molecule has 1 unspecified atom stereocenters.